The molecule has 1 N–H and O–H groups in total. The van der Waals surface area contributed by atoms with Crippen LogP contribution in [0.4, 0.5) is 5.82 Å². The van der Waals surface area contributed by atoms with Crippen LogP contribution in [0.5, 0.6) is 0 Å². The maximum Gasteiger partial charge on any atom is 0.190 e. The highest BCUT2D eigenvalue weighted by Gasteiger charge is 2.37. The van der Waals surface area contributed by atoms with Crippen LogP contribution in [0.2, 0.25) is 10.0 Å². The zero-order valence-corrected chi connectivity index (χ0v) is 22.0. The molecule has 37 heavy (non-hydrogen) atoms. The summed E-state index contributed by atoms with van der Waals surface area (Å²) in [6.07, 6.45) is 7.93. The van der Waals surface area contributed by atoms with E-state index in [0.717, 1.165) is 49.9 Å². The molecule has 190 valence electrons. The van der Waals surface area contributed by atoms with E-state index in [2.05, 4.69) is 35.9 Å². The molecule has 0 saturated carbocycles. The molecule has 9 nitrogen and oxygen atoms in total. The Balaban J connectivity index is 1.19. The van der Waals surface area contributed by atoms with Crippen molar-refractivity contribution >= 4 is 40.2 Å². The second kappa shape index (κ2) is 9.93. The summed E-state index contributed by atoms with van der Waals surface area (Å²) in [5.41, 5.74) is 2.19. The van der Waals surface area contributed by atoms with Crippen LogP contribution in [0.1, 0.15) is 42.9 Å². The number of nitrogens with one attached hydrogen (secondary N) is 1. The Morgan fingerprint density at radius 2 is 2.05 bits per heavy atom. The number of fused-ring (bicyclic) bond motifs is 1. The molecule has 0 radical (unpaired) electrons. The number of aromatic amines is 1. The first-order valence-electron chi connectivity index (χ1n) is 12.6. The lowest BCUT2D eigenvalue weighted by atomic mass is 9.80. The van der Waals surface area contributed by atoms with Gasteiger partial charge >= 0.3 is 0 Å². The van der Waals surface area contributed by atoms with E-state index in [1.54, 1.807) is 23.0 Å². The van der Waals surface area contributed by atoms with Gasteiger partial charge in [-0.15, -0.1) is 0 Å². The first kappa shape index (κ1) is 24.2. The van der Waals surface area contributed by atoms with Crippen molar-refractivity contribution in [3.8, 4) is 6.07 Å². The maximum absolute atomic E-state index is 9.65. The number of hydrogen-bond acceptors (Lipinski definition) is 7. The Morgan fingerprint density at radius 1 is 1.19 bits per heavy atom. The van der Waals surface area contributed by atoms with Gasteiger partial charge in [-0.3, -0.25) is 4.90 Å². The summed E-state index contributed by atoms with van der Waals surface area (Å²) in [7, 11) is 0. The monoisotopic (exact) mass is 535 g/mol. The second-order valence-electron chi connectivity index (χ2n) is 9.99. The van der Waals surface area contributed by atoms with Gasteiger partial charge in [0.15, 0.2) is 11.3 Å². The minimum absolute atomic E-state index is 0.245. The number of halogens is 2. The van der Waals surface area contributed by atoms with Gasteiger partial charge in [-0.25, -0.2) is 19.6 Å². The first-order valence-corrected chi connectivity index (χ1v) is 13.3. The lowest BCUT2D eigenvalue weighted by molar-refractivity contribution is 0.112. The van der Waals surface area contributed by atoms with Gasteiger partial charge in [0.2, 0.25) is 0 Å². The molecule has 0 amide bonds. The SMILES string of the molecule is C[C@H](c1ccc(Cl)cc1Cl)n1nc(C#N)c2ncc(N3CC([C@@H]4CCCN(Cc5ncc[nH]5)C4)C3)nc21. The summed E-state index contributed by atoms with van der Waals surface area (Å²) in [6.45, 7) is 6.99. The Bertz CT molecular complexity index is 1450. The second-order valence-corrected chi connectivity index (χ2v) is 10.8. The van der Waals surface area contributed by atoms with Crippen molar-refractivity contribution in [2.45, 2.75) is 32.4 Å². The number of imidazole rings is 1. The van der Waals surface area contributed by atoms with E-state index in [1.165, 1.54) is 12.8 Å². The summed E-state index contributed by atoms with van der Waals surface area (Å²) >= 11 is 12.6. The molecule has 5 heterocycles. The van der Waals surface area contributed by atoms with E-state index >= 15 is 0 Å². The average molecular weight is 536 g/mol. The third kappa shape index (κ3) is 4.65. The summed E-state index contributed by atoms with van der Waals surface area (Å²) in [6, 6.07) is 7.30. The fraction of sp³-hybridized carbons (Fsp3) is 0.423. The number of piperidine rings is 1. The number of nitrogens with zero attached hydrogens (tertiary/aromatic N) is 8. The van der Waals surface area contributed by atoms with Gasteiger partial charge in [-0.05, 0) is 55.8 Å². The molecule has 2 aliphatic heterocycles. The number of H-pyrrole nitrogens is 1. The Morgan fingerprint density at radius 3 is 2.81 bits per heavy atom. The molecule has 11 heteroatoms. The van der Waals surface area contributed by atoms with Gasteiger partial charge in [0.25, 0.3) is 0 Å². The Labute approximate surface area is 225 Å². The molecular weight excluding hydrogens is 509 g/mol. The first-order chi connectivity index (χ1) is 18.0. The van der Waals surface area contributed by atoms with Crippen LogP contribution in [0.25, 0.3) is 11.2 Å². The third-order valence-corrected chi connectivity index (χ3v) is 8.21. The molecule has 2 fully saturated rings. The molecular formula is C26H27Cl2N9. The van der Waals surface area contributed by atoms with Crippen molar-refractivity contribution in [3.63, 3.8) is 0 Å². The van der Waals surface area contributed by atoms with Crippen molar-refractivity contribution in [1.29, 1.82) is 5.26 Å². The Kier molecular flexibility index (Phi) is 6.49. The molecule has 2 saturated heterocycles. The van der Waals surface area contributed by atoms with Gasteiger partial charge in [-0.1, -0.05) is 29.3 Å². The van der Waals surface area contributed by atoms with Gasteiger partial charge in [0, 0.05) is 42.1 Å². The van der Waals surface area contributed by atoms with Gasteiger partial charge in [-0.2, -0.15) is 10.4 Å². The molecule has 0 aliphatic carbocycles. The fourth-order valence-electron chi connectivity index (χ4n) is 5.58. The fourth-order valence-corrected chi connectivity index (χ4v) is 6.15. The number of rotatable bonds is 6. The minimum atomic E-state index is -0.245. The van der Waals surface area contributed by atoms with Crippen LogP contribution in [-0.4, -0.2) is 60.8 Å². The third-order valence-electron chi connectivity index (χ3n) is 7.65. The number of benzene rings is 1. The summed E-state index contributed by atoms with van der Waals surface area (Å²) in [5.74, 6) is 3.14. The molecule has 2 aliphatic rings. The number of nitriles is 1. The maximum atomic E-state index is 9.65. The predicted molar refractivity (Wildman–Crippen MR) is 143 cm³/mol. The minimum Gasteiger partial charge on any atom is -0.355 e. The lowest BCUT2D eigenvalue weighted by Gasteiger charge is -2.47. The van der Waals surface area contributed by atoms with Crippen LogP contribution >= 0.6 is 23.2 Å². The van der Waals surface area contributed by atoms with Crippen molar-refractivity contribution in [1.82, 2.24) is 34.6 Å². The molecule has 6 rings (SSSR count). The van der Waals surface area contributed by atoms with Gasteiger partial charge in [0.05, 0.1) is 18.8 Å². The molecule has 2 atom stereocenters. The van der Waals surface area contributed by atoms with Crippen molar-refractivity contribution in [3.05, 3.63) is 63.9 Å². The lowest BCUT2D eigenvalue weighted by Crippen LogP contribution is -2.53. The van der Waals surface area contributed by atoms with Crippen LogP contribution in [-0.2, 0) is 6.54 Å². The van der Waals surface area contributed by atoms with Crippen LogP contribution in [0.3, 0.4) is 0 Å². The zero-order valence-electron chi connectivity index (χ0n) is 20.5. The quantitative estimate of drug-likeness (QED) is 0.382. The molecule has 0 bridgehead atoms. The van der Waals surface area contributed by atoms with Gasteiger partial charge < -0.3 is 9.88 Å². The van der Waals surface area contributed by atoms with Gasteiger partial charge in [0.1, 0.15) is 23.2 Å². The van der Waals surface area contributed by atoms with Crippen LogP contribution in [0.15, 0.2) is 36.8 Å². The van der Waals surface area contributed by atoms with E-state index in [9.17, 15) is 5.26 Å². The molecule has 3 aromatic heterocycles. The predicted octanol–water partition coefficient (Wildman–Crippen LogP) is 4.69. The largest absolute Gasteiger partial charge is 0.355 e. The van der Waals surface area contributed by atoms with E-state index in [4.69, 9.17) is 28.2 Å². The number of anilines is 1. The molecule has 1 aromatic carbocycles. The molecule has 0 spiro atoms. The highest BCUT2D eigenvalue weighted by molar-refractivity contribution is 6.35. The standard InChI is InChI=1S/C26H27Cl2N9/c1-16(20-5-4-19(27)9-21(20)28)37-26-25(22(10-29)34-37)32-11-24(33-26)36-13-18(14-36)17-3-2-8-35(12-17)15-23-30-6-7-31-23/h4-7,9,11,16-18H,2-3,8,12-15H2,1H3,(H,30,31)/t16-,17-/m1/s1. The Hall–Kier alpha value is -3.19. The van der Waals surface area contributed by atoms with E-state index in [0.29, 0.717) is 33.0 Å². The van der Waals surface area contributed by atoms with Crippen molar-refractivity contribution < 1.29 is 0 Å². The van der Waals surface area contributed by atoms with Crippen LogP contribution < -0.4 is 4.90 Å². The highest BCUT2D eigenvalue weighted by Crippen LogP contribution is 2.35. The van der Waals surface area contributed by atoms with Crippen molar-refractivity contribution in [2.75, 3.05) is 31.1 Å². The van der Waals surface area contributed by atoms with Crippen molar-refractivity contribution in [2.24, 2.45) is 11.8 Å². The van der Waals surface area contributed by atoms with E-state index in [1.807, 2.05) is 25.4 Å². The van der Waals surface area contributed by atoms with E-state index in [-0.39, 0.29) is 11.7 Å². The zero-order chi connectivity index (χ0) is 25.5. The smallest absolute Gasteiger partial charge is 0.190 e. The molecule has 0 unspecified atom stereocenters. The number of hydrogen-bond donors (Lipinski definition) is 1. The summed E-state index contributed by atoms with van der Waals surface area (Å²) in [4.78, 5) is 21.9. The average Bonchev–Trinajstić information content (AvgIpc) is 3.50. The normalized spacial score (nSPS) is 19.6. The summed E-state index contributed by atoms with van der Waals surface area (Å²) < 4.78 is 1.74. The molecule has 4 aromatic rings. The summed E-state index contributed by atoms with van der Waals surface area (Å²) in [5, 5.41) is 15.3. The van der Waals surface area contributed by atoms with E-state index < -0.39 is 0 Å². The number of likely N-dealkylation sites (tertiary alicyclic amines) is 1. The number of aromatic nitrogens is 6. The topological polar surface area (TPSA) is 103 Å². The van der Waals surface area contributed by atoms with Crippen LogP contribution in [0, 0.1) is 23.2 Å². The highest BCUT2D eigenvalue weighted by atomic mass is 35.5.